The molecule has 4 nitrogen and oxygen atoms in total. The van der Waals surface area contributed by atoms with Crippen molar-refractivity contribution >= 4 is 5.91 Å². The maximum absolute atomic E-state index is 13.5. The highest BCUT2D eigenvalue weighted by Gasteiger charge is 2.21. The van der Waals surface area contributed by atoms with Crippen LogP contribution in [0.1, 0.15) is 33.5 Å². The van der Waals surface area contributed by atoms with Gasteiger partial charge < -0.3 is 14.7 Å². The van der Waals surface area contributed by atoms with Gasteiger partial charge in [-0.3, -0.25) is 4.79 Å². The van der Waals surface area contributed by atoms with E-state index in [2.05, 4.69) is 0 Å². The maximum Gasteiger partial charge on any atom is 0.254 e. The number of carbonyl (C=O) groups excluding carboxylic acids is 1. The maximum atomic E-state index is 13.5. The molecule has 0 aromatic heterocycles. The zero-order chi connectivity index (χ0) is 17.1. The Morgan fingerprint density at radius 3 is 2.83 bits per heavy atom. The van der Waals surface area contributed by atoms with E-state index in [0.29, 0.717) is 18.7 Å². The Morgan fingerprint density at radius 2 is 2.08 bits per heavy atom. The SMILES string of the molecule is COc1ccc2c(c1)CCCN(C(=O)c1ccc(F)c(CO)c1)C2. The molecular weight excluding hydrogens is 309 g/mol. The van der Waals surface area contributed by atoms with Crippen LogP contribution in [0.4, 0.5) is 4.39 Å². The number of hydrogen-bond donors (Lipinski definition) is 1. The molecule has 0 bridgehead atoms. The Labute approximate surface area is 140 Å². The summed E-state index contributed by atoms with van der Waals surface area (Å²) in [5.74, 6) is 0.176. The van der Waals surface area contributed by atoms with Gasteiger partial charge in [0, 0.05) is 24.2 Å². The zero-order valence-electron chi connectivity index (χ0n) is 13.6. The van der Waals surface area contributed by atoms with Gasteiger partial charge >= 0.3 is 0 Å². The first-order chi connectivity index (χ1) is 11.6. The first kappa shape index (κ1) is 16.5. The van der Waals surface area contributed by atoms with Crippen LogP contribution in [-0.2, 0) is 19.6 Å². The highest BCUT2D eigenvalue weighted by atomic mass is 19.1. The average molecular weight is 329 g/mol. The third kappa shape index (κ3) is 3.26. The molecule has 0 fully saturated rings. The summed E-state index contributed by atoms with van der Waals surface area (Å²) >= 11 is 0. The molecule has 1 amide bonds. The number of aliphatic hydroxyl groups excluding tert-OH is 1. The molecule has 3 rings (SSSR count). The Morgan fingerprint density at radius 1 is 1.25 bits per heavy atom. The highest BCUT2D eigenvalue weighted by Crippen LogP contribution is 2.24. The van der Waals surface area contributed by atoms with Gasteiger partial charge in [-0.25, -0.2) is 4.39 Å². The molecule has 1 heterocycles. The van der Waals surface area contributed by atoms with Crippen LogP contribution in [0, 0.1) is 5.82 Å². The third-order valence-corrected chi connectivity index (χ3v) is 4.40. The molecule has 2 aromatic carbocycles. The summed E-state index contributed by atoms with van der Waals surface area (Å²) in [6.07, 6.45) is 1.75. The minimum absolute atomic E-state index is 0.140. The smallest absolute Gasteiger partial charge is 0.254 e. The Kier molecular flexibility index (Phi) is 4.81. The fourth-order valence-electron chi connectivity index (χ4n) is 3.05. The Bertz CT molecular complexity index is 760. The van der Waals surface area contributed by atoms with E-state index in [1.807, 2.05) is 18.2 Å². The number of benzene rings is 2. The predicted octanol–water partition coefficient (Wildman–Crippen LogP) is 2.92. The van der Waals surface area contributed by atoms with Gasteiger partial charge in [0.2, 0.25) is 0 Å². The van der Waals surface area contributed by atoms with Crippen LogP contribution in [0.25, 0.3) is 0 Å². The number of ether oxygens (including phenoxy) is 1. The number of rotatable bonds is 3. The number of nitrogens with zero attached hydrogens (tertiary/aromatic N) is 1. The van der Waals surface area contributed by atoms with E-state index in [0.717, 1.165) is 24.2 Å². The molecular formula is C19H20FNO3. The second-order valence-electron chi connectivity index (χ2n) is 5.93. The predicted molar refractivity (Wildman–Crippen MR) is 88.4 cm³/mol. The van der Waals surface area contributed by atoms with E-state index in [-0.39, 0.29) is 11.5 Å². The first-order valence-corrected chi connectivity index (χ1v) is 7.96. The van der Waals surface area contributed by atoms with E-state index in [1.165, 1.54) is 23.8 Å². The van der Waals surface area contributed by atoms with Crippen LogP contribution in [0.5, 0.6) is 5.75 Å². The molecule has 0 unspecified atom stereocenters. The van der Waals surface area contributed by atoms with Gasteiger partial charge in [-0.05, 0) is 54.3 Å². The molecule has 2 aromatic rings. The normalized spacial score (nSPS) is 14.0. The van der Waals surface area contributed by atoms with Gasteiger partial charge in [0.05, 0.1) is 13.7 Å². The van der Waals surface area contributed by atoms with Gasteiger partial charge in [-0.15, -0.1) is 0 Å². The third-order valence-electron chi connectivity index (χ3n) is 4.40. The van der Waals surface area contributed by atoms with Crippen molar-refractivity contribution in [2.24, 2.45) is 0 Å². The van der Waals surface area contributed by atoms with Crippen molar-refractivity contribution in [2.75, 3.05) is 13.7 Å². The van der Waals surface area contributed by atoms with E-state index >= 15 is 0 Å². The average Bonchev–Trinajstić information content (AvgIpc) is 2.83. The molecule has 0 aliphatic carbocycles. The van der Waals surface area contributed by atoms with E-state index in [1.54, 1.807) is 12.0 Å². The van der Waals surface area contributed by atoms with Crippen LogP contribution < -0.4 is 4.74 Å². The van der Waals surface area contributed by atoms with Crippen LogP contribution >= 0.6 is 0 Å². The Hall–Kier alpha value is -2.40. The molecule has 0 saturated carbocycles. The molecule has 1 aliphatic heterocycles. The number of amides is 1. The molecule has 126 valence electrons. The minimum Gasteiger partial charge on any atom is -0.497 e. The van der Waals surface area contributed by atoms with Crippen molar-refractivity contribution < 1.29 is 19.0 Å². The molecule has 0 radical (unpaired) electrons. The number of halogens is 1. The van der Waals surface area contributed by atoms with Crippen LogP contribution in [-0.4, -0.2) is 29.6 Å². The van der Waals surface area contributed by atoms with Crippen molar-refractivity contribution in [1.82, 2.24) is 4.90 Å². The molecule has 1 aliphatic rings. The lowest BCUT2D eigenvalue weighted by Gasteiger charge is -2.21. The van der Waals surface area contributed by atoms with Gasteiger partial charge in [0.25, 0.3) is 5.91 Å². The molecule has 1 N–H and O–H groups in total. The number of aryl methyl sites for hydroxylation is 1. The van der Waals surface area contributed by atoms with Crippen LogP contribution in [0.2, 0.25) is 0 Å². The summed E-state index contributed by atoms with van der Waals surface area (Å²) in [4.78, 5) is 14.5. The summed E-state index contributed by atoms with van der Waals surface area (Å²) in [5.41, 5.74) is 2.84. The van der Waals surface area contributed by atoms with Crippen molar-refractivity contribution in [3.63, 3.8) is 0 Å². The standard InChI is InChI=1S/C19H20FNO3/c1-24-17-6-4-15-11-21(8-2-3-13(15)10-17)19(23)14-5-7-18(20)16(9-14)12-22/h4-7,9-10,22H,2-3,8,11-12H2,1H3. The quantitative estimate of drug-likeness (QED) is 0.942. The summed E-state index contributed by atoms with van der Waals surface area (Å²) in [6, 6.07) is 10.0. The lowest BCUT2D eigenvalue weighted by molar-refractivity contribution is 0.0745. The summed E-state index contributed by atoms with van der Waals surface area (Å²) in [6.45, 7) is 0.737. The van der Waals surface area contributed by atoms with Crippen LogP contribution in [0.3, 0.4) is 0 Å². The lowest BCUT2D eigenvalue weighted by atomic mass is 10.0. The molecule has 0 saturated heterocycles. The van der Waals surface area contributed by atoms with E-state index in [4.69, 9.17) is 4.74 Å². The van der Waals surface area contributed by atoms with Gasteiger partial charge in [0.1, 0.15) is 11.6 Å². The molecule has 0 atom stereocenters. The molecule has 5 heteroatoms. The second-order valence-corrected chi connectivity index (χ2v) is 5.93. The topological polar surface area (TPSA) is 49.8 Å². The van der Waals surface area contributed by atoms with Gasteiger partial charge in [-0.2, -0.15) is 0 Å². The number of aliphatic hydroxyl groups is 1. The van der Waals surface area contributed by atoms with Gasteiger partial charge in [0.15, 0.2) is 0 Å². The summed E-state index contributed by atoms with van der Waals surface area (Å²) in [7, 11) is 1.64. The second kappa shape index (κ2) is 7.01. The molecule has 0 spiro atoms. The monoisotopic (exact) mass is 329 g/mol. The fraction of sp³-hybridized carbons (Fsp3) is 0.316. The summed E-state index contributed by atoms with van der Waals surface area (Å²) in [5, 5.41) is 9.18. The number of carbonyl (C=O) groups is 1. The first-order valence-electron chi connectivity index (χ1n) is 7.96. The lowest BCUT2D eigenvalue weighted by Crippen LogP contribution is -2.30. The van der Waals surface area contributed by atoms with E-state index < -0.39 is 12.4 Å². The van der Waals surface area contributed by atoms with Crippen molar-refractivity contribution in [2.45, 2.75) is 26.0 Å². The number of methoxy groups -OCH3 is 1. The van der Waals surface area contributed by atoms with Gasteiger partial charge in [-0.1, -0.05) is 6.07 Å². The fourth-order valence-corrected chi connectivity index (χ4v) is 3.05. The van der Waals surface area contributed by atoms with E-state index in [9.17, 15) is 14.3 Å². The van der Waals surface area contributed by atoms with Crippen molar-refractivity contribution in [1.29, 1.82) is 0 Å². The highest BCUT2D eigenvalue weighted by molar-refractivity contribution is 5.94. The minimum atomic E-state index is -0.498. The summed E-state index contributed by atoms with van der Waals surface area (Å²) < 4.78 is 18.8. The number of fused-ring (bicyclic) bond motifs is 1. The molecule has 24 heavy (non-hydrogen) atoms. The number of hydrogen-bond acceptors (Lipinski definition) is 3. The zero-order valence-corrected chi connectivity index (χ0v) is 13.6. The largest absolute Gasteiger partial charge is 0.497 e. The van der Waals surface area contributed by atoms with Crippen molar-refractivity contribution in [3.8, 4) is 5.75 Å². The van der Waals surface area contributed by atoms with Crippen molar-refractivity contribution in [3.05, 3.63) is 64.5 Å². The van der Waals surface area contributed by atoms with Crippen LogP contribution in [0.15, 0.2) is 36.4 Å². The Balaban J connectivity index is 1.85.